The van der Waals surface area contributed by atoms with Gasteiger partial charge in [0.15, 0.2) is 0 Å². The minimum atomic E-state index is 0.212. The van der Waals surface area contributed by atoms with Crippen LogP contribution in [0.4, 0.5) is 11.4 Å². The first-order chi connectivity index (χ1) is 27.3. The van der Waals surface area contributed by atoms with Crippen LogP contribution in [-0.2, 0) is 0 Å². The average molecular weight is 705 g/mol. The number of allylic oxidation sites excluding steroid dienone is 7. The summed E-state index contributed by atoms with van der Waals surface area (Å²) in [6.07, 6.45) is 15.8. The topological polar surface area (TPSA) is 21.3 Å². The minimum Gasteiger partial charge on any atom is -0.456 e. The molecule has 11 rings (SSSR count). The van der Waals surface area contributed by atoms with Gasteiger partial charge >= 0.3 is 0 Å². The smallest absolute Gasteiger partial charge is 0.136 e. The standard InChI is InChI=1S/C52H36N2O/c1-2-17-41-36(13-1)14-12-25-48(41)53(47-22-7-3-18-42(47)38-29-32-46-45-21-6-10-26-51(45)55-52(46)34-38)39-30-27-35(28-31-39)37-15-11-16-40(33-37)54-49-23-8-4-19-43(49)44-20-5-9-24-50(44)54/h1-34,36,41H. The van der Waals surface area contributed by atoms with E-state index >= 15 is 0 Å². The van der Waals surface area contributed by atoms with Gasteiger partial charge in [-0.2, -0.15) is 0 Å². The second kappa shape index (κ2) is 12.8. The number of fused-ring (bicyclic) bond motifs is 7. The Kier molecular flexibility index (Phi) is 7.31. The van der Waals surface area contributed by atoms with E-state index in [-0.39, 0.29) is 5.92 Å². The van der Waals surface area contributed by atoms with Crippen LogP contribution in [0.5, 0.6) is 0 Å². The number of hydrogen-bond acceptors (Lipinski definition) is 2. The third kappa shape index (κ3) is 5.20. The highest BCUT2D eigenvalue weighted by atomic mass is 16.3. The number of para-hydroxylation sites is 4. The summed E-state index contributed by atoms with van der Waals surface area (Å²) in [5.41, 5.74) is 13.5. The van der Waals surface area contributed by atoms with Gasteiger partial charge in [0.1, 0.15) is 11.2 Å². The molecule has 0 bridgehead atoms. The summed E-state index contributed by atoms with van der Waals surface area (Å²) >= 11 is 0. The SMILES string of the molecule is C1=CC2C=CC=C(N(c3ccc(-c4cccc(-n5c6ccccc6c6ccccc65)c4)cc3)c3ccccc3-c3ccc4c(c3)oc3ccccc34)C2C=C1. The fourth-order valence-corrected chi connectivity index (χ4v) is 8.78. The third-order valence-electron chi connectivity index (χ3n) is 11.4. The van der Waals surface area contributed by atoms with Gasteiger partial charge in [-0.1, -0.05) is 140 Å². The van der Waals surface area contributed by atoms with Crippen LogP contribution in [0.15, 0.2) is 216 Å². The van der Waals surface area contributed by atoms with Crippen LogP contribution in [0, 0.1) is 11.8 Å². The van der Waals surface area contributed by atoms with Gasteiger partial charge in [-0.15, -0.1) is 0 Å². The maximum Gasteiger partial charge on any atom is 0.136 e. The fraction of sp³-hybridized carbons (Fsp3) is 0.0385. The number of furan rings is 1. The van der Waals surface area contributed by atoms with Crippen molar-refractivity contribution in [3.63, 3.8) is 0 Å². The zero-order valence-corrected chi connectivity index (χ0v) is 30.1. The number of aromatic nitrogens is 1. The molecule has 55 heavy (non-hydrogen) atoms. The van der Waals surface area contributed by atoms with E-state index in [1.807, 2.05) is 12.1 Å². The Morgan fingerprint density at radius 1 is 0.473 bits per heavy atom. The molecule has 2 heterocycles. The molecule has 2 aliphatic rings. The van der Waals surface area contributed by atoms with Gasteiger partial charge in [0.05, 0.1) is 16.7 Å². The molecule has 0 spiro atoms. The molecule has 0 saturated carbocycles. The van der Waals surface area contributed by atoms with Crippen molar-refractivity contribution in [2.75, 3.05) is 4.90 Å². The van der Waals surface area contributed by atoms with E-state index in [0.717, 1.165) is 50.1 Å². The molecule has 260 valence electrons. The van der Waals surface area contributed by atoms with Gasteiger partial charge in [-0.3, -0.25) is 0 Å². The van der Waals surface area contributed by atoms with E-state index in [1.165, 1.54) is 38.6 Å². The Labute approximate surface area is 319 Å². The first-order valence-corrected chi connectivity index (χ1v) is 19.0. The van der Waals surface area contributed by atoms with Crippen LogP contribution in [0.25, 0.3) is 71.7 Å². The first kappa shape index (κ1) is 31.4. The molecule has 2 aromatic heterocycles. The molecule has 3 heteroatoms. The van der Waals surface area contributed by atoms with Crippen LogP contribution < -0.4 is 4.90 Å². The highest BCUT2D eigenvalue weighted by Gasteiger charge is 2.29. The van der Waals surface area contributed by atoms with E-state index in [0.29, 0.717) is 5.92 Å². The van der Waals surface area contributed by atoms with Crippen LogP contribution in [0.1, 0.15) is 0 Å². The van der Waals surface area contributed by atoms with Crippen LogP contribution in [0.2, 0.25) is 0 Å². The predicted octanol–water partition coefficient (Wildman–Crippen LogP) is 14.0. The molecule has 0 radical (unpaired) electrons. The summed E-state index contributed by atoms with van der Waals surface area (Å²) in [7, 11) is 0. The van der Waals surface area contributed by atoms with Crippen molar-refractivity contribution in [2.45, 2.75) is 0 Å². The summed E-state index contributed by atoms with van der Waals surface area (Å²) in [6.45, 7) is 0. The number of rotatable bonds is 6. The molecule has 3 nitrogen and oxygen atoms in total. The van der Waals surface area contributed by atoms with E-state index in [4.69, 9.17) is 4.42 Å². The highest BCUT2D eigenvalue weighted by molar-refractivity contribution is 6.09. The van der Waals surface area contributed by atoms with Crippen LogP contribution >= 0.6 is 0 Å². The van der Waals surface area contributed by atoms with Gasteiger partial charge in [0, 0.05) is 56.0 Å². The summed E-state index contributed by atoms with van der Waals surface area (Å²) in [4.78, 5) is 2.46. The molecular formula is C52H36N2O. The fourth-order valence-electron chi connectivity index (χ4n) is 8.78. The van der Waals surface area contributed by atoms with Crippen molar-refractivity contribution in [2.24, 2.45) is 11.8 Å². The lowest BCUT2D eigenvalue weighted by molar-refractivity contribution is 0.612. The van der Waals surface area contributed by atoms with Gasteiger partial charge in [0.25, 0.3) is 0 Å². The number of benzene rings is 7. The summed E-state index contributed by atoms with van der Waals surface area (Å²) in [6, 6.07) is 59.0. The summed E-state index contributed by atoms with van der Waals surface area (Å²) in [5, 5.41) is 4.81. The monoisotopic (exact) mass is 704 g/mol. The predicted molar refractivity (Wildman–Crippen MR) is 230 cm³/mol. The normalized spacial score (nSPS) is 16.3. The molecular weight excluding hydrogens is 669 g/mol. The Morgan fingerprint density at radius 2 is 1.15 bits per heavy atom. The Bertz CT molecular complexity index is 3010. The van der Waals surface area contributed by atoms with Gasteiger partial charge in [0.2, 0.25) is 0 Å². The van der Waals surface area contributed by atoms with E-state index < -0.39 is 0 Å². The maximum atomic E-state index is 6.36. The average Bonchev–Trinajstić information content (AvgIpc) is 3.80. The Hall–Kier alpha value is -7.10. The van der Waals surface area contributed by atoms with Gasteiger partial charge < -0.3 is 13.9 Å². The zero-order valence-electron chi connectivity index (χ0n) is 30.1. The number of nitrogens with zero attached hydrogens (tertiary/aromatic N) is 2. The van der Waals surface area contributed by atoms with Crippen molar-refractivity contribution in [3.8, 4) is 27.9 Å². The molecule has 9 aromatic rings. The lowest BCUT2D eigenvalue weighted by Crippen LogP contribution is -2.28. The Morgan fingerprint density at radius 3 is 1.98 bits per heavy atom. The zero-order chi connectivity index (χ0) is 36.3. The minimum absolute atomic E-state index is 0.212. The molecule has 2 atom stereocenters. The molecule has 0 amide bonds. The molecule has 2 aliphatic carbocycles. The second-order valence-corrected chi connectivity index (χ2v) is 14.5. The van der Waals surface area contributed by atoms with E-state index in [2.05, 4.69) is 204 Å². The van der Waals surface area contributed by atoms with Crippen molar-refractivity contribution < 1.29 is 4.42 Å². The van der Waals surface area contributed by atoms with Gasteiger partial charge in [-0.25, -0.2) is 0 Å². The summed E-state index contributed by atoms with van der Waals surface area (Å²) in [5.74, 6) is 0.512. The lowest BCUT2D eigenvalue weighted by atomic mass is 9.81. The van der Waals surface area contributed by atoms with Crippen molar-refractivity contribution in [1.29, 1.82) is 0 Å². The van der Waals surface area contributed by atoms with Crippen LogP contribution in [0.3, 0.4) is 0 Å². The lowest BCUT2D eigenvalue weighted by Gasteiger charge is -2.37. The van der Waals surface area contributed by atoms with Crippen molar-refractivity contribution in [3.05, 3.63) is 212 Å². The second-order valence-electron chi connectivity index (χ2n) is 14.5. The van der Waals surface area contributed by atoms with Crippen molar-refractivity contribution >= 4 is 55.1 Å². The van der Waals surface area contributed by atoms with Gasteiger partial charge in [-0.05, 0) is 83.4 Å². The molecule has 0 aliphatic heterocycles. The molecule has 2 unspecified atom stereocenters. The highest BCUT2D eigenvalue weighted by Crippen LogP contribution is 2.45. The molecule has 0 N–H and O–H groups in total. The van der Waals surface area contributed by atoms with E-state index in [1.54, 1.807) is 0 Å². The van der Waals surface area contributed by atoms with E-state index in [9.17, 15) is 0 Å². The van der Waals surface area contributed by atoms with Crippen LogP contribution in [-0.4, -0.2) is 4.57 Å². The Balaban J connectivity index is 1.02. The van der Waals surface area contributed by atoms with Crippen molar-refractivity contribution in [1.82, 2.24) is 4.57 Å². The number of anilines is 2. The largest absolute Gasteiger partial charge is 0.456 e. The first-order valence-electron chi connectivity index (χ1n) is 19.0. The number of hydrogen-bond donors (Lipinski definition) is 0. The maximum absolute atomic E-state index is 6.36. The summed E-state index contributed by atoms with van der Waals surface area (Å²) < 4.78 is 8.75. The quantitative estimate of drug-likeness (QED) is 0.172. The molecule has 0 saturated heterocycles. The molecule has 0 fully saturated rings. The third-order valence-corrected chi connectivity index (χ3v) is 11.4. The molecule has 7 aromatic carbocycles.